The molecule has 2 heterocycles. The lowest BCUT2D eigenvalue weighted by Gasteiger charge is -2.32. The molecule has 0 fully saturated rings. The minimum atomic E-state index is -0.245. The number of aryl methyl sites for hydroxylation is 1. The van der Waals surface area contributed by atoms with E-state index in [9.17, 15) is 4.79 Å². The second-order valence-corrected chi connectivity index (χ2v) is 6.66. The van der Waals surface area contributed by atoms with Crippen molar-refractivity contribution in [3.63, 3.8) is 0 Å². The summed E-state index contributed by atoms with van der Waals surface area (Å²) in [4.78, 5) is 14.9. The van der Waals surface area contributed by atoms with E-state index in [0.29, 0.717) is 43.5 Å². The van der Waals surface area contributed by atoms with Crippen LogP contribution in [-0.2, 0) is 24.2 Å². The number of para-hydroxylation sites is 1. The molecular formula is C19H25N3O4. The van der Waals surface area contributed by atoms with Gasteiger partial charge < -0.3 is 18.8 Å². The number of carbonyl (C=O) groups excluding carboxylic acids is 1. The second kappa shape index (κ2) is 7.76. The fraction of sp³-hybridized carbons (Fsp3) is 0.526. The van der Waals surface area contributed by atoms with Gasteiger partial charge in [0.25, 0.3) is 0 Å². The molecular weight excluding hydrogens is 334 g/mol. The topological polar surface area (TPSA) is 77.7 Å². The smallest absolute Gasteiger partial charge is 0.235 e. The highest BCUT2D eigenvalue weighted by molar-refractivity contribution is 5.80. The van der Waals surface area contributed by atoms with Gasteiger partial charge in [0.15, 0.2) is 11.5 Å². The number of hydrogen-bond acceptors (Lipinski definition) is 6. The number of ether oxygens (including phenoxy) is 2. The van der Waals surface area contributed by atoms with Gasteiger partial charge >= 0.3 is 0 Å². The summed E-state index contributed by atoms with van der Waals surface area (Å²) >= 11 is 0. The van der Waals surface area contributed by atoms with Gasteiger partial charge in [-0.3, -0.25) is 4.79 Å². The molecule has 1 amide bonds. The van der Waals surface area contributed by atoms with E-state index in [1.807, 2.05) is 39.0 Å². The van der Waals surface area contributed by atoms with Crippen LogP contribution < -0.4 is 9.47 Å². The van der Waals surface area contributed by atoms with E-state index in [1.165, 1.54) is 0 Å². The van der Waals surface area contributed by atoms with Gasteiger partial charge in [0.2, 0.25) is 17.7 Å². The fourth-order valence-corrected chi connectivity index (χ4v) is 3.10. The lowest BCUT2D eigenvalue weighted by Crippen LogP contribution is -2.44. The highest BCUT2D eigenvalue weighted by atomic mass is 16.5. The summed E-state index contributed by atoms with van der Waals surface area (Å²) in [6, 6.07) is 5.77. The highest BCUT2D eigenvalue weighted by Crippen LogP contribution is 2.36. The molecule has 1 aliphatic rings. The molecule has 0 saturated heterocycles. The van der Waals surface area contributed by atoms with E-state index >= 15 is 0 Å². The van der Waals surface area contributed by atoms with Crippen LogP contribution in [-0.4, -0.2) is 40.8 Å². The molecule has 26 heavy (non-hydrogen) atoms. The Hall–Kier alpha value is -2.57. The van der Waals surface area contributed by atoms with E-state index in [-0.39, 0.29) is 17.9 Å². The van der Waals surface area contributed by atoms with Crippen molar-refractivity contribution in [1.29, 1.82) is 0 Å². The molecule has 1 aliphatic heterocycles. The van der Waals surface area contributed by atoms with Gasteiger partial charge in [-0.1, -0.05) is 19.1 Å². The number of amides is 1. The van der Waals surface area contributed by atoms with Crippen LogP contribution in [0.5, 0.6) is 11.5 Å². The number of carbonyl (C=O) groups is 1. The molecule has 2 aromatic rings. The normalized spacial score (nSPS) is 16.1. The van der Waals surface area contributed by atoms with E-state index in [4.69, 9.17) is 13.9 Å². The summed E-state index contributed by atoms with van der Waals surface area (Å²) in [7, 11) is 1.62. The third-order valence-electron chi connectivity index (χ3n) is 4.55. The van der Waals surface area contributed by atoms with Crippen molar-refractivity contribution in [1.82, 2.24) is 15.1 Å². The standard InChI is InChI=1S/C19H25N3O4/c1-5-16-20-21-17(26-16)10-22(12(2)3)19(23)14-9-13-7-6-8-15(24-4)18(13)25-11-14/h6-8,12,14H,5,9-11H2,1-4H3/t14-/m0/s1. The lowest BCUT2D eigenvalue weighted by molar-refractivity contribution is -0.139. The maximum Gasteiger partial charge on any atom is 0.235 e. The summed E-state index contributed by atoms with van der Waals surface area (Å²) in [5, 5.41) is 8.01. The molecule has 0 aliphatic carbocycles. The third-order valence-corrected chi connectivity index (χ3v) is 4.55. The van der Waals surface area contributed by atoms with Crippen molar-refractivity contribution in [2.45, 2.75) is 46.2 Å². The number of benzene rings is 1. The van der Waals surface area contributed by atoms with E-state index in [1.54, 1.807) is 12.0 Å². The molecule has 0 unspecified atom stereocenters. The first-order valence-corrected chi connectivity index (χ1v) is 8.93. The van der Waals surface area contributed by atoms with Gasteiger partial charge in [0, 0.05) is 12.5 Å². The molecule has 7 heteroatoms. The van der Waals surface area contributed by atoms with Gasteiger partial charge in [-0.25, -0.2) is 0 Å². The van der Waals surface area contributed by atoms with Crippen LogP contribution >= 0.6 is 0 Å². The molecule has 0 spiro atoms. The van der Waals surface area contributed by atoms with Gasteiger partial charge in [-0.05, 0) is 31.9 Å². The van der Waals surface area contributed by atoms with Crippen molar-refractivity contribution in [2.24, 2.45) is 5.92 Å². The highest BCUT2D eigenvalue weighted by Gasteiger charge is 2.32. The molecule has 7 nitrogen and oxygen atoms in total. The van der Waals surface area contributed by atoms with Crippen molar-refractivity contribution in [3.8, 4) is 11.5 Å². The molecule has 1 aromatic heterocycles. The molecule has 0 saturated carbocycles. The first kappa shape index (κ1) is 18.2. The maximum atomic E-state index is 13.1. The Morgan fingerprint density at radius 1 is 1.35 bits per heavy atom. The largest absolute Gasteiger partial charge is 0.493 e. The van der Waals surface area contributed by atoms with Crippen LogP contribution in [0.2, 0.25) is 0 Å². The minimum absolute atomic E-state index is 0.0196. The van der Waals surface area contributed by atoms with Crippen LogP contribution in [0.3, 0.4) is 0 Å². The summed E-state index contributed by atoms with van der Waals surface area (Å²) < 4.78 is 16.8. The van der Waals surface area contributed by atoms with Crippen LogP contribution in [0.15, 0.2) is 22.6 Å². The predicted octanol–water partition coefficient (Wildman–Crippen LogP) is 2.63. The van der Waals surface area contributed by atoms with Gasteiger partial charge in [-0.2, -0.15) is 0 Å². The summed E-state index contributed by atoms with van der Waals surface area (Å²) in [6.07, 6.45) is 1.30. The number of rotatable bonds is 6. The minimum Gasteiger partial charge on any atom is -0.493 e. The average Bonchev–Trinajstić information content (AvgIpc) is 3.12. The Balaban J connectivity index is 1.75. The number of aromatic nitrogens is 2. The molecule has 140 valence electrons. The first-order chi connectivity index (χ1) is 12.5. The molecule has 3 rings (SSSR count). The van der Waals surface area contributed by atoms with Crippen LogP contribution in [0, 0.1) is 5.92 Å². The van der Waals surface area contributed by atoms with Crippen LogP contribution in [0.1, 0.15) is 38.1 Å². The quantitative estimate of drug-likeness (QED) is 0.789. The number of fused-ring (bicyclic) bond motifs is 1. The summed E-state index contributed by atoms with van der Waals surface area (Å²) in [6.45, 7) is 6.56. The van der Waals surface area contributed by atoms with Gasteiger partial charge in [0.05, 0.1) is 19.6 Å². The van der Waals surface area contributed by atoms with Crippen molar-refractivity contribution in [3.05, 3.63) is 35.5 Å². The molecule has 0 bridgehead atoms. The monoisotopic (exact) mass is 359 g/mol. The maximum absolute atomic E-state index is 13.1. The first-order valence-electron chi connectivity index (χ1n) is 8.93. The fourth-order valence-electron chi connectivity index (χ4n) is 3.10. The number of nitrogens with zero attached hydrogens (tertiary/aromatic N) is 3. The zero-order valence-electron chi connectivity index (χ0n) is 15.7. The van der Waals surface area contributed by atoms with Gasteiger partial charge in [0.1, 0.15) is 6.61 Å². The van der Waals surface area contributed by atoms with Crippen LogP contribution in [0.25, 0.3) is 0 Å². The second-order valence-electron chi connectivity index (χ2n) is 6.66. The molecule has 0 N–H and O–H groups in total. The molecule has 1 aromatic carbocycles. The lowest BCUT2D eigenvalue weighted by atomic mass is 9.94. The van der Waals surface area contributed by atoms with E-state index in [0.717, 1.165) is 11.3 Å². The molecule has 0 radical (unpaired) electrons. The Kier molecular flexibility index (Phi) is 5.44. The van der Waals surface area contributed by atoms with Crippen molar-refractivity contribution in [2.75, 3.05) is 13.7 Å². The molecule has 1 atom stereocenters. The number of hydrogen-bond donors (Lipinski definition) is 0. The Labute approximate surface area is 153 Å². The Morgan fingerprint density at radius 2 is 2.12 bits per heavy atom. The number of methoxy groups -OCH3 is 1. The van der Waals surface area contributed by atoms with E-state index < -0.39 is 0 Å². The van der Waals surface area contributed by atoms with Crippen molar-refractivity contribution < 1.29 is 18.7 Å². The van der Waals surface area contributed by atoms with Gasteiger partial charge in [-0.15, -0.1) is 10.2 Å². The zero-order valence-corrected chi connectivity index (χ0v) is 15.7. The predicted molar refractivity (Wildman–Crippen MR) is 95.0 cm³/mol. The zero-order chi connectivity index (χ0) is 18.7. The Bertz CT molecular complexity index is 772. The third kappa shape index (κ3) is 3.66. The summed E-state index contributed by atoms with van der Waals surface area (Å²) in [5.74, 6) is 2.27. The SMILES string of the molecule is CCc1nnc(CN(C(=O)[C@@H]2COc3c(cccc3OC)C2)C(C)C)o1. The van der Waals surface area contributed by atoms with Crippen LogP contribution in [0.4, 0.5) is 0 Å². The van der Waals surface area contributed by atoms with E-state index in [2.05, 4.69) is 10.2 Å². The van der Waals surface area contributed by atoms with Crippen molar-refractivity contribution >= 4 is 5.91 Å². The summed E-state index contributed by atoms with van der Waals surface area (Å²) in [5.41, 5.74) is 0.990. The average molecular weight is 359 g/mol. The Morgan fingerprint density at radius 3 is 2.77 bits per heavy atom.